The lowest BCUT2D eigenvalue weighted by molar-refractivity contribution is -0.113. The zero-order chi connectivity index (χ0) is 18.5. The Morgan fingerprint density at radius 2 is 1.81 bits per heavy atom. The number of benzene rings is 2. The van der Waals surface area contributed by atoms with Crippen LogP contribution in [0.1, 0.15) is 23.6 Å². The van der Waals surface area contributed by atoms with Gasteiger partial charge in [0.15, 0.2) is 0 Å². The molecule has 0 fully saturated rings. The van der Waals surface area contributed by atoms with Gasteiger partial charge in [-0.1, -0.05) is 49.0 Å². The number of anilines is 1. The van der Waals surface area contributed by atoms with Gasteiger partial charge >= 0.3 is 0 Å². The van der Waals surface area contributed by atoms with Crippen molar-refractivity contribution >= 4 is 23.4 Å². The summed E-state index contributed by atoms with van der Waals surface area (Å²) in [6, 6.07) is 13.9. The van der Waals surface area contributed by atoms with Crippen molar-refractivity contribution in [1.82, 2.24) is 20.2 Å². The van der Waals surface area contributed by atoms with E-state index in [-0.39, 0.29) is 11.7 Å². The van der Waals surface area contributed by atoms with Gasteiger partial charge in [0.25, 0.3) is 0 Å². The minimum absolute atomic E-state index is 0.0877. The quantitative estimate of drug-likeness (QED) is 0.674. The highest BCUT2D eigenvalue weighted by atomic mass is 32.2. The molecule has 134 valence electrons. The van der Waals surface area contributed by atoms with Gasteiger partial charge in [0.05, 0.1) is 11.4 Å². The first-order valence-electron chi connectivity index (χ1n) is 8.45. The third-order valence-corrected chi connectivity index (χ3v) is 4.99. The van der Waals surface area contributed by atoms with Crippen LogP contribution in [0.25, 0.3) is 5.69 Å². The number of tetrazole rings is 1. The van der Waals surface area contributed by atoms with E-state index in [0.29, 0.717) is 5.16 Å². The molecule has 0 unspecified atom stereocenters. The maximum absolute atomic E-state index is 12.2. The van der Waals surface area contributed by atoms with Crippen molar-refractivity contribution in [1.29, 1.82) is 0 Å². The molecule has 0 aliphatic carbocycles. The molecular formula is C19H21N5OS. The lowest BCUT2D eigenvalue weighted by Gasteiger charge is -2.10. The molecule has 2 aromatic carbocycles. The van der Waals surface area contributed by atoms with Crippen molar-refractivity contribution in [3.8, 4) is 5.69 Å². The summed E-state index contributed by atoms with van der Waals surface area (Å²) in [5, 5.41) is 15.4. The fourth-order valence-corrected chi connectivity index (χ4v) is 3.38. The van der Waals surface area contributed by atoms with Gasteiger partial charge in [-0.3, -0.25) is 4.79 Å². The predicted octanol–water partition coefficient (Wildman–Crippen LogP) is 3.57. The molecule has 0 saturated carbocycles. The number of amides is 1. The van der Waals surface area contributed by atoms with Crippen LogP contribution in [0.15, 0.2) is 47.6 Å². The van der Waals surface area contributed by atoms with Crippen LogP contribution in [0, 0.1) is 13.8 Å². The van der Waals surface area contributed by atoms with Gasteiger partial charge in [0.2, 0.25) is 11.1 Å². The summed E-state index contributed by atoms with van der Waals surface area (Å²) >= 11 is 1.32. The van der Waals surface area contributed by atoms with Crippen LogP contribution in [-0.2, 0) is 11.2 Å². The number of carbonyl (C=O) groups excluding carboxylic acids is 1. The van der Waals surface area contributed by atoms with Gasteiger partial charge in [-0.05, 0) is 59.5 Å². The number of nitrogens with zero attached hydrogens (tertiary/aromatic N) is 4. The third kappa shape index (κ3) is 4.11. The van der Waals surface area contributed by atoms with Gasteiger partial charge in [0, 0.05) is 5.69 Å². The van der Waals surface area contributed by atoms with E-state index >= 15 is 0 Å². The fourth-order valence-electron chi connectivity index (χ4n) is 2.70. The second-order valence-corrected chi connectivity index (χ2v) is 6.94. The van der Waals surface area contributed by atoms with Crippen LogP contribution in [-0.4, -0.2) is 31.9 Å². The molecule has 3 rings (SSSR count). The largest absolute Gasteiger partial charge is 0.325 e. The Hall–Kier alpha value is -2.67. The molecule has 26 heavy (non-hydrogen) atoms. The highest BCUT2D eigenvalue weighted by Gasteiger charge is 2.14. The summed E-state index contributed by atoms with van der Waals surface area (Å²) in [6.45, 7) is 6.14. The number of hydrogen-bond acceptors (Lipinski definition) is 5. The topological polar surface area (TPSA) is 72.7 Å². The molecule has 0 aliphatic rings. The molecule has 6 nitrogen and oxygen atoms in total. The second kappa shape index (κ2) is 8.14. The summed E-state index contributed by atoms with van der Waals surface area (Å²) in [6.07, 6.45) is 0.977. The number of thioether (sulfide) groups is 1. The first-order valence-corrected chi connectivity index (χ1v) is 9.43. The highest BCUT2D eigenvalue weighted by molar-refractivity contribution is 7.99. The van der Waals surface area contributed by atoms with Crippen LogP contribution < -0.4 is 5.32 Å². The van der Waals surface area contributed by atoms with E-state index in [1.54, 1.807) is 4.68 Å². The molecule has 0 bridgehead atoms. The highest BCUT2D eigenvalue weighted by Crippen LogP contribution is 2.23. The summed E-state index contributed by atoms with van der Waals surface area (Å²) in [4.78, 5) is 12.2. The van der Waals surface area contributed by atoms with Crippen LogP contribution in [0.3, 0.4) is 0 Å². The molecule has 7 heteroatoms. The smallest absolute Gasteiger partial charge is 0.234 e. The van der Waals surface area contributed by atoms with Crippen molar-refractivity contribution < 1.29 is 4.79 Å². The molecule has 1 N–H and O–H groups in total. The molecular weight excluding hydrogens is 346 g/mol. The summed E-state index contributed by atoms with van der Waals surface area (Å²) in [5.41, 5.74) is 5.15. The maximum Gasteiger partial charge on any atom is 0.234 e. The number of rotatable bonds is 6. The van der Waals surface area contributed by atoms with Crippen molar-refractivity contribution in [2.24, 2.45) is 0 Å². The van der Waals surface area contributed by atoms with E-state index in [9.17, 15) is 4.79 Å². The molecule has 1 heterocycles. The van der Waals surface area contributed by atoms with E-state index < -0.39 is 0 Å². The molecule has 0 saturated heterocycles. The van der Waals surface area contributed by atoms with E-state index in [0.717, 1.165) is 28.9 Å². The van der Waals surface area contributed by atoms with Gasteiger partial charge in [0.1, 0.15) is 0 Å². The Kier molecular flexibility index (Phi) is 5.68. The lowest BCUT2D eigenvalue weighted by atomic mass is 10.1. The van der Waals surface area contributed by atoms with Crippen LogP contribution in [0.2, 0.25) is 0 Å². The van der Waals surface area contributed by atoms with Gasteiger partial charge in [-0.25, -0.2) is 0 Å². The molecule has 0 aliphatic heterocycles. The number of para-hydroxylation sites is 1. The van der Waals surface area contributed by atoms with E-state index in [4.69, 9.17) is 0 Å². The molecule has 1 amide bonds. The Morgan fingerprint density at radius 1 is 1.12 bits per heavy atom. The number of hydrogen-bond donors (Lipinski definition) is 1. The number of aromatic nitrogens is 4. The van der Waals surface area contributed by atoms with Crippen molar-refractivity contribution in [2.75, 3.05) is 11.1 Å². The normalized spacial score (nSPS) is 10.7. The summed E-state index contributed by atoms with van der Waals surface area (Å²) in [7, 11) is 0. The zero-order valence-corrected chi connectivity index (χ0v) is 15.9. The zero-order valence-electron chi connectivity index (χ0n) is 15.1. The lowest BCUT2D eigenvalue weighted by Crippen LogP contribution is -2.14. The van der Waals surface area contributed by atoms with Crippen LogP contribution in [0.4, 0.5) is 5.69 Å². The minimum atomic E-state index is -0.0877. The van der Waals surface area contributed by atoms with Crippen LogP contribution in [0.5, 0.6) is 0 Å². The van der Waals surface area contributed by atoms with E-state index in [1.165, 1.54) is 17.3 Å². The van der Waals surface area contributed by atoms with Crippen molar-refractivity contribution in [3.63, 3.8) is 0 Å². The number of aryl methyl sites for hydroxylation is 3. The van der Waals surface area contributed by atoms with E-state index in [1.807, 2.05) is 56.3 Å². The van der Waals surface area contributed by atoms with Crippen molar-refractivity contribution in [3.05, 3.63) is 59.2 Å². The molecule has 0 radical (unpaired) electrons. The first kappa shape index (κ1) is 18.1. The molecule has 3 aromatic rings. The van der Waals surface area contributed by atoms with Gasteiger partial charge in [-0.15, -0.1) is 5.10 Å². The molecule has 0 spiro atoms. The summed E-state index contributed by atoms with van der Waals surface area (Å²) in [5.74, 6) is 0.149. The predicted molar refractivity (Wildman–Crippen MR) is 104 cm³/mol. The SMILES string of the molecule is CCc1ccc(NC(=O)CSc2nnnn2-c2c(C)cccc2C)cc1. The molecule has 1 aromatic heterocycles. The Bertz CT molecular complexity index is 884. The average Bonchev–Trinajstić information content (AvgIpc) is 3.09. The monoisotopic (exact) mass is 367 g/mol. The number of nitrogens with one attached hydrogen (secondary N) is 1. The van der Waals surface area contributed by atoms with Crippen molar-refractivity contribution in [2.45, 2.75) is 32.3 Å². The maximum atomic E-state index is 12.2. The van der Waals surface area contributed by atoms with E-state index in [2.05, 4.69) is 27.8 Å². The fraction of sp³-hybridized carbons (Fsp3) is 0.263. The number of carbonyl (C=O) groups is 1. The van der Waals surface area contributed by atoms with Crippen LogP contribution >= 0.6 is 11.8 Å². The standard InChI is InChI=1S/C19H21N5OS/c1-4-15-8-10-16(11-9-15)20-17(25)12-26-19-21-22-23-24(19)18-13(2)6-5-7-14(18)3/h5-11H,4,12H2,1-3H3,(H,20,25). The Balaban J connectivity index is 1.67. The molecule has 0 atom stereocenters. The third-order valence-electron chi connectivity index (χ3n) is 4.07. The summed E-state index contributed by atoms with van der Waals surface area (Å²) < 4.78 is 1.69. The first-order chi connectivity index (χ1) is 12.6. The van der Waals surface area contributed by atoms with Gasteiger partial charge < -0.3 is 5.32 Å². The minimum Gasteiger partial charge on any atom is -0.325 e. The van der Waals surface area contributed by atoms with Gasteiger partial charge in [-0.2, -0.15) is 4.68 Å². The average molecular weight is 367 g/mol. The Morgan fingerprint density at radius 3 is 2.46 bits per heavy atom. The second-order valence-electron chi connectivity index (χ2n) is 6.00. The Labute approximate surface area is 157 Å².